The van der Waals surface area contributed by atoms with Crippen LogP contribution in [0.4, 0.5) is 5.69 Å². The number of thioether (sulfide) groups is 1. The lowest BCUT2D eigenvalue weighted by molar-refractivity contribution is -0.115. The lowest BCUT2D eigenvalue weighted by Gasteiger charge is -2.18. The number of aromatic nitrogens is 2. The Morgan fingerprint density at radius 2 is 2.03 bits per heavy atom. The molecule has 1 amide bonds. The molecule has 0 aliphatic carbocycles. The highest BCUT2D eigenvalue weighted by Crippen LogP contribution is 2.31. The van der Waals surface area contributed by atoms with Gasteiger partial charge in [0.25, 0.3) is 5.91 Å². The predicted octanol–water partition coefficient (Wildman–Crippen LogP) is 6.02. The second kappa shape index (κ2) is 8.28. The normalized spacial score (nSPS) is 17.3. The number of hydrogen-bond acceptors (Lipinski definition) is 4. The monoisotopic (exact) mass is 438 g/mol. The van der Waals surface area contributed by atoms with Crippen LogP contribution in [0.5, 0.6) is 0 Å². The number of rotatable bonds is 4. The summed E-state index contributed by atoms with van der Waals surface area (Å²) in [5, 5.41) is 3.88. The minimum absolute atomic E-state index is 0.160. The first-order valence-corrected chi connectivity index (χ1v) is 11.0. The fraction of sp³-hybridized carbons (Fsp3) is 0.261. The molecule has 3 aromatic rings. The first-order chi connectivity index (χ1) is 14.3. The molecule has 1 aromatic heterocycles. The van der Waals surface area contributed by atoms with Crippen molar-refractivity contribution in [3.05, 3.63) is 64.3 Å². The van der Waals surface area contributed by atoms with Crippen molar-refractivity contribution in [2.45, 2.75) is 33.7 Å². The molecule has 4 rings (SSSR count). The fourth-order valence-electron chi connectivity index (χ4n) is 3.08. The van der Waals surface area contributed by atoms with E-state index in [-0.39, 0.29) is 11.3 Å². The van der Waals surface area contributed by atoms with Crippen LogP contribution in [0.25, 0.3) is 17.1 Å². The van der Waals surface area contributed by atoms with Gasteiger partial charge >= 0.3 is 0 Å². The lowest BCUT2D eigenvalue weighted by Crippen LogP contribution is -2.19. The van der Waals surface area contributed by atoms with Crippen LogP contribution < -0.4 is 5.32 Å². The van der Waals surface area contributed by atoms with Crippen molar-refractivity contribution in [3.8, 4) is 0 Å². The number of aliphatic imine (C=N–C) groups is 1. The van der Waals surface area contributed by atoms with Crippen molar-refractivity contribution in [1.82, 2.24) is 14.9 Å². The molecule has 2 heterocycles. The average molecular weight is 439 g/mol. The molecule has 1 N–H and O–H groups in total. The summed E-state index contributed by atoms with van der Waals surface area (Å²) in [7, 11) is 0. The topological polar surface area (TPSA) is 59.3 Å². The highest BCUT2D eigenvalue weighted by atomic mass is 35.5. The number of fused-ring (bicyclic) bond motifs is 1. The zero-order chi connectivity index (χ0) is 21.3. The van der Waals surface area contributed by atoms with Crippen LogP contribution in [-0.2, 0) is 11.3 Å². The van der Waals surface area contributed by atoms with Crippen LogP contribution in [0.2, 0.25) is 5.02 Å². The number of amides is 1. The van der Waals surface area contributed by atoms with Gasteiger partial charge in [0, 0.05) is 6.54 Å². The van der Waals surface area contributed by atoms with Crippen LogP contribution in [0.15, 0.2) is 58.7 Å². The number of nitrogens with zero attached hydrogens (tertiary/aromatic N) is 3. The summed E-state index contributed by atoms with van der Waals surface area (Å²) in [6.07, 6.45) is 4.83. The van der Waals surface area contributed by atoms with Crippen LogP contribution in [-0.4, -0.2) is 20.6 Å². The van der Waals surface area contributed by atoms with E-state index in [1.807, 2.05) is 42.7 Å². The Labute approximate surface area is 185 Å². The number of hydrogen-bond donors (Lipinski definition) is 1. The molecule has 1 aliphatic rings. The third kappa shape index (κ3) is 4.77. The molecular weight excluding hydrogens is 416 g/mol. The van der Waals surface area contributed by atoms with E-state index < -0.39 is 0 Å². The summed E-state index contributed by atoms with van der Waals surface area (Å²) < 4.78 is 2.18. The third-order valence-electron chi connectivity index (χ3n) is 4.77. The molecule has 0 bridgehead atoms. The first-order valence-electron chi connectivity index (χ1n) is 9.77. The predicted molar refractivity (Wildman–Crippen MR) is 126 cm³/mol. The number of carbonyl (C=O) groups excluding carboxylic acids is 1. The molecule has 5 nitrogen and oxygen atoms in total. The van der Waals surface area contributed by atoms with E-state index in [0.29, 0.717) is 20.8 Å². The van der Waals surface area contributed by atoms with E-state index in [4.69, 9.17) is 11.6 Å². The second-order valence-electron chi connectivity index (χ2n) is 8.43. The van der Waals surface area contributed by atoms with Crippen LogP contribution in [0, 0.1) is 5.41 Å². The fourth-order valence-corrected chi connectivity index (χ4v) is 4.09. The summed E-state index contributed by atoms with van der Waals surface area (Å²) >= 11 is 7.48. The maximum atomic E-state index is 12.4. The molecule has 1 fully saturated rings. The van der Waals surface area contributed by atoms with Crippen LogP contribution in [0.1, 0.15) is 32.8 Å². The van der Waals surface area contributed by atoms with E-state index in [1.54, 1.807) is 6.07 Å². The Hall–Kier alpha value is -2.57. The van der Waals surface area contributed by atoms with Crippen molar-refractivity contribution < 1.29 is 4.79 Å². The molecule has 7 heteroatoms. The van der Waals surface area contributed by atoms with E-state index in [0.717, 1.165) is 29.6 Å². The maximum Gasteiger partial charge on any atom is 0.264 e. The van der Waals surface area contributed by atoms with E-state index >= 15 is 0 Å². The summed E-state index contributed by atoms with van der Waals surface area (Å²) in [6.45, 7) is 7.61. The van der Waals surface area contributed by atoms with Gasteiger partial charge in [0.15, 0.2) is 5.17 Å². The summed E-state index contributed by atoms with van der Waals surface area (Å²) in [4.78, 5) is 22.0. The number of nitrogens with one attached hydrogen (secondary N) is 1. The molecule has 0 radical (unpaired) electrons. The number of aryl methyl sites for hydroxylation is 1. The van der Waals surface area contributed by atoms with Gasteiger partial charge in [0.05, 0.1) is 33.0 Å². The van der Waals surface area contributed by atoms with Gasteiger partial charge in [0.2, 0.25) is 0 Å². The van der Waals surface area contributed by atoms with E-state index in [2.05, 4.69) is 46.7 Å². The van der Waals surface area contributed by atoms with E-state index in [9.17, 15) is 4.79 Å². The molecule has 30 heavy (non-hydrogen) atoms. The van der Waals surface area contributed by atoms with Crippen LogP contribution >= 0.6 is 23.4 Å². The molecule has 1 aliphatic heterocycles. The summed E-state index contributed by atoms with van der Waals surface area (Å²) in [5.41, 5.74) is 3.87. The lowest BCUT2D eigenvalue weighted by atomic mass is 9.92. The van der Waals surface area contributed by atoms with E-state index in [1.165, 1.54) is 11.8 Å². The van der Waals surface area contributed by atoms with Crippen molar-refractivity contribution in [2.24, 2.45) is 10.4 Å². The number of amidine groups is 1. The molecule has 2 aromatic carbocycles. The zero-order valence-electron chi connectivity index (χ0n) is 17.1. The largest absolute Gasteiger partial charge is 0.331 e. The maximum absolute atomic E-state index is 12.4. The SMILES string of the molecule is CC(C)(C)CCn1cnc2ccc(/C=C3\SC(=Nc4ccccc4Cl)NC3=O)cc21. The zero-order valence-corrected chi connectivity index (χ0v) is 18.7. The molecule has 154 valence electrons. The van der Waals surface area contributed by atoms with Gasteiger partial charge in [-0.3, -0.25) is 4.79 Å². The molecule has 0 atom stereocenters. The van der Waals surface area contributed by atoms with Gasteiger partial charge in [-0.1, -0.05) is 50.6 Å². The quantitative estimate of drug-likeness (QED) is 0.507. The number of carbonyl (C=O) groups is 1. The number of halogens is 1. The molecule has 0 spiro atoms. The summed E-state index contributed by atoms with van der Waals surface area (Å²) in [5.74, 6) is -0.160. The Morgan fingerprint density at radius 3 is 2.80 bits per heavy atom. The van der Waals surface area contributed by atoms with Gasteiger partial charge in [-0.15, -0.1) is 0 Å². The van der Waals surface area contributed by atoms with Gasteiger partial charge < -0.3 is 9.88 Å². The molecule has 1 saturated heterocycles. The second-order valence-corrected chi connectivity index (χ2v) is 9.87. The Bertz CT molecular complexity index is 1170. The Balaban J connectivity index is 1.58. The minimum Gasteiger partial charge on any atom is -0.331 e. The van der Waals surface area contributed by atoms with Gasteiger partial charge in [-0.05, 0) is 59.5 Å². The van der Waals surface area contributed by atoms with Crippen molar-refractivity contribution in [3.63, 3.8) is 0 Å². The standard InChI is InChI=1S/C23H23ClN4OS/c1-23(2,3)10-11-28-14-25-18-9-8-15(12-19(18)28)13-20-21(29)27-22(30-20)26-17-7-5-4-6-16(17)24/h4-9,12-14H,10-11H2,1-3H3,(H,26,27,29)/b20-13-. The van der Waals surface area contributed by atoms with Crippen molar-refractivity contribution in [2.75, 3.05) is 0 Å². The van der Waals surface area contributed by atoms with Crippen molar-refractivity contribution in [1.29, 1.82) is 0 Å². The van der Waals surface area contributed by atoms with Crippen LogP contribution in [0.3, 0.4) is 0 Å². The highest BCUT2D eigenvalue weighted by molar-refractivity contribution is 8.18. The molecule has 0 saturated carbocycles. The number of benzene rings is 2. The Morgan fingerprint density at radius 1 is 1.23 bits per heavy atom. The number of imidazole rings is 1. The molecule has 0 unspecified atom stereocenters. The summed E-state index contributed by atoms with van der Waals surface area (Å²) in [6, 6.07) is 13.4. The molecular formula is C23H23ClN4OS. The average Bonchev–Trinajstić information content (AvgIpc) is 3.24. The number of para-hydroxylation sites is 1. The first kappa shape index (κ1) is 20.7. The van der Waals surface area contributed by atoms with Gasteiger partial charge in [-0.25, -0.2) is 9.98 Å². The van der Waals surface area contributed by atoms with Gasteiger partial charge in [-0.2, -0.15) is 0 Å². The highest BCUT2D eigenvalue weighted by Gasteiger charge is 2.24. The smallest absolute Gasteiger partial charge is 0.264 e. The minimum atomic E-state index is -0.160. The Kier molecular flexibility index (Phi) is 5.71. The van der Waals surface area contributed by atoms with Crippen molar-refractivity contribution >= 4 is 57.2 Å². The third-order valence-corrected chi connectivity index (χ3v) is 6.00. The van der Waals surface area contributed by atoms with Gasteiger partial charge in [0.1, 0.15) is 0 Å².